The number of hydrogen-bond donors (Lipinski definition) is 0. The van der Waals surface area contributed by atoms with Gasteiger partial charge in [-0.1, -0.05) is 31.2 Å². The third kappa shape index (κ3) is 5.81. The van der Waals surface area contributed by atoms with Gasteiger partial charge in [0.2, 0.25) is 5.88 Å². The van der Waals surface area contributed by atoms with Crippen molar-refractivity contribution in [3.8, 4) is 5.88 Å². The lowest BCUT2D eigenvalue weighted by Crippen LogP contribution is -2.38. The van der Waals surface area contributed by atoms with Crippen LogP contribution in [0.15, 0.2) is 47.8 Å². The van der Waals surface area contributed by atoms with E-state index in [0.717, 1.165) is 31.1 Å². The van der Waals surface area contributed by atoms with Gasteiger partial charge in [-0.25, -0.2) is 14.2 Å². The maximum Gasteiger partial charge on any atom is 0.421 e. The van der Waals surface area contributed by atoms with Gasteiger partial charge in [0, 0.05) is 39.3 Å². The van der Waals surface area contributed by atoms with E-state index >= 15 is 4.39 Å². The van der Waals surface area contributed by atoms with Gasteiger partial charge in [-0.3, -0.25) is 9.80 Å². The van der Waals surface area contributed by atoms with Crippen LogP contribution in [0.25, 0.3) is 0 Å². The van der Waals surface area contributed by atoms with E-state index in [4.69, 9.17) is 9.47 Å². The Morgan fingerprint density at radius 3 is 2.49 bits per heavy atom. The molecule has 9 heteroatoms. The van der Waals surface area contributed by atoms with Crippen molar-refractivity contribution in [3.05, 3.63) is 69.8 Å². The van der Waals surface area contributed by atoms with E-state index in [1.165, 1.54) is 28.5 Å². The Balaban J connectivity index is 1.14. The van der Waals surface area contributed by atoms with Crippen molar-refractivity contribution < 1.29 is 18.7 Å². The number of halogens is 1. The Hall–Kier alpha value is -3.01. The highest BCUT2D eigenvalue weighted by molar-refractivity contribution is 7.09. The monoisotopic (exact) mass is 550 g/mol. The fraction of sp³-hybridized carbons (Fsp3) is 0.467. The molecule has 2 aromatic carbocycles. The highest BCUT2D eigenvalue weighted by atomic mass is 32.1. The summed E-state index contributed by atoms with van der Waals surface area (Å²) < 4.78 is 26.3. The van der Waals surface area contributed by atoms with Crippen LogP contribution in [0, 0.1) is 30.5 Å². The predicted molar refractivity (Wildman–Crippen MR) is 151 cm³/mol. The van der Waals surface area contributed by atoms with Gasteiger partial charge in [0.1, 0.15) is 5.82 Å². The molecule has 3 aliphatic rings. The number of thiazole rings is 1. The number of fused-ring (bicyclic) bond motifs is 1. The van der Waals surface area contributed by atoms with Crippen molar-refractivity contribution in [1.29, 1.82) is 0 Å². The highest BCUT2D eigenvalue weighted by Gasteiger charge is 2.56. The summed E-state index contributed by atoms with van der Waals surface area (Å²) in [6, 6.07) is 13.9. The highest BCUT2D eigenvalue weighted by Crippen LogP contribution is 2.52. The summed E-state index contributed by atoms with van der Waals surface area (Å²) in [5.74, 6) is 1.39. The molecule has 3 fully saturated rings. The van der Waals surface area contributed by atoms with Crippen molar-refractivity contribution in [3.63, 3.8) is 0 Å². The molecule has 3 aromatic rings. The molecule has 0 N–H and O–H groups in total. The maximum atomic E-state index is 15.3. The minimum atomic E-state index is -0.517. The third-order valence-corrected chi connectivity index (χ3v) is 9.03. The van der Waals surface area contributed by atoms with Crippen LogP contribution in [0.1, 0.15) is 23.1 Å². The average Bonchev–Trinajstić information content (AvgIpc) is 3.22. The maximum absolute atomic E-state index is 15.3. The summed E-state index contributed by atoms with van der Waals surface area (Å²) in [5, 5.41) is 2.55. The molecule has 0 radical (unpaired) electrons. The second-order valence-electron chi connectivity index (χ2n) is 10.8. The van der Waals surface area contributed by atoms with Gasteiger partial charge in [0.25, 0.3) is 0 Å². The second-order valence-corrected chi connectivity index (χ2v) is 11.8. The number of likely N-dealkylation sites (tertiary alicyclic amines) is 1. The normalized spacial score (nSPS) is 22.5. The van der Waals surface area contributed by atoms with Crippen molar-refractivity contribution in [1.82, 2.24) is 9.88 Å². The van der Waals surface area contributed by atoms with E-state index in [1.807, 2.05) is 17.9 Å². The molecule has 1 aliphatic carbocycles. The van der Waals surface area contributed by atoms with E-state index < -0.39 is 6.09 Å². The first kappa shape index (κ1) is 26.2. The SMILES string of the molecule is CCc1ccc(CN2CC3C(C2)C3CN(C(=O)Oc2csc(C)n2)c2ccc(N3CCOCC3)c(F)c2)cc1. The van der Waals surface area contributed by atoms with Crippen LogP contribution < -0.4 is 14.5 Å². The Morgan fingerprint density at radius 1 is 1.13 bits per heavy atom. The van der Waals surface area contributed by atoms with Crippen molar-refractivity contribution in [2.75, 3.05) is 55.7 Å². The minimum absolute atomic E-state index is 0.286. The molecule has 2 atom stereocenters. The molecule has 206 valence electrons. The zero-order chi connectivity index (χ0) is 26.9. The van der Waals surface area contributed by atoms with Gasteiger partial charge < -0.3 is 14.4 Å². The lowest BCUT2D eigenvalue weighted by Gasteiger charge is -2.30. The number of aryl methyl sites for hydroxylation is 2. The molecule has 6 rings (SSSR count). The largest absolute Gasteiger partial charge is 0.421 e. The van der Waals surface area contributed by atoms with Crippen molar-refractivity contribution >= 4 is 28.8 Å². The van der Waals surface area contributed by atoms with Crippen LogP contribution in [0.4, 0.5) is 20.6 Å². The molecule has 39 heavy (non-hydrogen) atoms. The van der Waals surface area contributed by atoms with Crippen LogP contribution in [0.2, 0.25) is 0 Å². The number of anilines is 2. The molecule has 7 nitrogen and oxygen atoms in total. The van der Waals surface area contributed by atoms with Crippen LogP contribution in [-0.4, -0.2) is 61.9 Å². The van der Waals surface area contributed by atoms with Crippen molar-refractivity contribution in [2.45, 2.75) is 26.8 Å². The Bertz CT molecular complexity index is 1300. The molecule has 0 bridgehead atoms. The van der Waals surface area contributed by atoms with Crippen molar-refractivity contribution in [2.24, 2.45) is 17.8 Å². The van der Waals surface area contributed by atoms with E-state index in [1.54, 1.807) is 16.3 Å². The predicted octanol–water partition coefficient (Wildman–Crippen LogP) is 5.37. The number of piperidine rings is 1. The Labute approximate surface area is 233 Å². The number of nitrogens with zero attached hydrogens (tertiary/aromatic N) is 4. The van der Waals surface area contributed by atoms with Gasteiger partial charge >= 0.3 is 6.09 Å². The number of ether oxygens (including phenoxy) is 2. The van der Waals surface area contributed by atoms with E-state index in [0.29, 0.717) is 62.0 Å². The average molecular weight is 551 g/mol. The minimum Gasteiger partial charge on any atom is -0.390 e. The molecule has 0 spiro atoms. The molecule has 1 aromatic heterocycles. The fourth-order valence-corrected chi connectivity index (χ4v) is 6.55. The summed E-state index contributed by atoms with van der Waals surface area (Å²) in [6.07, 6.45) is 0.535. The topological polar surface area (TPSA) is 58.1 Å². The first-order chi connectivity index (χ1) is 19.0. The Kier molecular flexibility index (Phi) is 7.55. The van der Waals surface area contributed by atoms with Gasteiger partial charge in [-0.2, -0.15) is 0 Å². The molecule has 2 saturated heterocycles. The van der Waals surface area contributed by atoms with Crippen LogP contribution in [0.3, 0.4) is 0 Å². The van der Waals surface area contributed by atoms with Crippen LogP contribution in [-0.2, 0) is 17.7 Å². The van der Waals surface area contributed by atoms with E-state index in [-0.39, 0.29) is 11.7 Å². The third-order valence-electron chi connectivity index (χ3n) is 8.28. The molecule has 2 unspecified atom stereocenters. The quantitative estimate of drug-likeness (QED) is 0.376. The zero-order valence-corrected chi connectivity index (χ0v) is 23.3. The van der Waals surface area contributed by atoms with Crippen LogP contribution in [0.5, 0.6) is 5.88 Å². The number of morpholine rings is 1. The molecule has 1 amide bonds. The number of carbonyl (C=O) groups is 1. The van der Waals surface area contributed by atoms with E-state index in [9.17, 15) is 4.79 Å². The lowest BCUT2D eigenvalue weighted by atomic mass is 10.1. The molecular formula is C30H35FN4O3S. The van der Waals surface area contributed by atoms with E-state index in [2.05, 4.69) is 41.1 Å². The summed E-state index contributed by atoms with van der Waals surface area (Å²) in [4.78, 5) is 23.7. The summed E-state index contributed by atoms with van der Waals surface area (Å²) in [6.45, 7) is 10.00. The van der Waals surface area contributed by atoms with Gasteiger partial charge in [-0.15, -0.1) is 11.3 Å². The fourth-order valence-electron chi connectivity index (χ4n) is 6.03. The standard InChI is InChI=1S/C30H35FN4O3S/c1-3-21-4-6-22(7-5-21)15-33-16-24-25(17-33)26(24)18-35(30(36)38-29-19-39-20(2)32-29)23-8-9-28(27(31)14-23)34-10-12-37-13-11-34/h4-9,14,19,24-26H,3,10-13,15-18H2,1-2H3. The number of rotatable bonds is 8. The molecular weight excluding hydrogens is 515 g/mol. The number of amides is 1. The number of benzene rings is 2. The number of carbonyl (C=O) groups excluding carboxylic acids is 1. The summed E-state index contributed by atoms with van der Waals surface area (Å²) in [7, 11) is 0. The van der Waals surface area contributed by atoms with Crippen LogP contribution >= 0.6 is 11.3 Å². The summed E-state index contributed by atoms with van der Waals surface area (Å²) >= 11 is 1.43. The smallest absolute Gasteiger partial charge is 0.390 e. The molecule has 2 aliphatic heterocycles. The zero-order valence-electron chi connectivity index (χ0n) is 22.5. The molecule has 1 saturated carbocycles. The summed E-state index contributed by atoms with van der Waals surface area (Å²) in [5.41, 5.74) is 3.75. The first-order valence-corrected chi connectivity index (χ1v) is 14.7. The second kappa shape index (κ2) is 11.2. The molecule has 3 heterocycles. The van der Waals surface area contributed by atoms with Gasteiger partial charge in [0.05, 0.1) is 35.0 Å². The Morgan fingerprint density at radius 2 is 1.85 bits per heavy atom. The first-order valence-electron chi connectivity index (χ1n) is 13.8. The van der Waals surface area contributed by atoms with Gasteiger partial charge in [0.15, 0.2) is 0 Å². The number of aromatic nitrogens is 1. The van der Waals surface area contributed by atoms with Gasteiger partial charge in [-0.05, 0) is 60.4 Å². The lowest BCUT2D eigenvalue weighted by molar-refractivity contribution is 0.122. The number of hydrogen-bond acceptors (Lipinski definition) is 7.